The van der Waals surface area contributed by atoms with Gasteiger partial charge in [0.25, 0.3) is 0 Å². The van der Waals surface area contributed by atoms with Gasteiger partial charge in [0.2, 0.25) is 0 Å². The standard InChI is InChI=1S/C15H22N4O/c1-19-7-6-18-14(19)13-12(3-8-20-13)9-17-11-15(10-16)4-2-5-15/h6-7,12-13,17H,2-5,8-9,11H2,1H3/t12-,13+/m0/s1. The molecular weight excluding hydrogens is 252 g/mol. The van der Waals surface area contributed by atoms with Crippen LogP contribution in [0.15, 0.2) is 12.4 Å². The Kier molecular flexibility index (Phi) is 3.77. The molecule has 5 nitrogen and oxygen atoms in total. The molecule has 1 aromatic rings. The topological polar surface area (TPSA) is 62.9 Å². The lowest BCUT2D eigenvalue weighted by atomic mass is 9.70. The van der Waals surface area contributed by atoms with Gasteiger partial charge in [-0.25, -0.2) is 4.98 Å². The van der Waals surface area contributed by atoms with E-state index in [-0.39, 0.29) is 11.5 Å². The van der Waals surface area contributed by atoms with E-state index in [4.69, 9.17) is 4.74 Å². The molecule has 0 bridgehead atoms. The third kappa shape index (κ3) is 2.46. The smallest absolute Gasteiger partial charge is 0.137 e. The zero-order valence-corrected chi connectivity index (χ0v) is 12.0. The summed E-state index contributed by atoms with van der Waals surface area (Å²) in [5, 5.41) is 12.7. The highest BCUT2D eigenvalue weighted by atomic mass is 16.5. The van der Waals surface area contributed by atoms with Crippen LogP contribution in [0.25, 0.3) is 0 Å². The van der Waals surface area contributed by atoms with Gasteiger partial charge in [-0.15, -0.1) is 0 Å². The molecule has 0 spiro atoms. The molecule has 2 heterocycles. The van der Waals surface area contributed by atoms with E-state index in [0.717, 1.165) is 44.8 Å². The van der Waals surface area contributed by atoms with Crippen LogP contribution in [0.3, 0.4) is 0 Å². The molecule has 0 radical (unpaired) electrons. The Hall–Kier alpha value is -1.38. The second-order valence-corrected chi connectivity index (χ2v) is 6.11. The first-order chi connectivity index (χ1) is 9.74. The Morgan fingerprint density at radius 1 is 1.60 bits per heavy atom. The molecule has 1 aliphatic carbocycles. The van der Waals surface area contributed by atoms with Crippen molar-refractivity contribution in [3.05, 3.63) is 18.2 Å². The van der Waals surface area contributed by atoms with E-state index in [2.05, 4.69) is 16.4 Å². The Bertz CT molecular complexity index is 500. The first-order valence-corrected chi connectivity index (χ1v) is 7.45. The second-order valence-electron chi connectivity index (χ2n) is 6.11. The predicted octanol–water partition coefficient (Wildman–Crippen LogP) is 1.78. The van der Waals surface area contributed by atoms with Gasteiger partial charge >= 0.3 is 0 Å². The van der Waals surface area contributed by atoms with E-state index >= 15 is 0 Å². The summed E-state index contributed by atoms with van der Waals surface area (Å²) in [5.41, 5.74) is -0.0990. The van der Waals surface area contributed by atoms with Crippen molar-refractivity contribution < 1.29 is 4.74 Å². The van der Waals surface area contributed by atoms with Gasteiger partial charge in [-0.3, -0.25) is 0 Å². The molecule has 0 amide bonds. The fraction of sp³-hybridized carbons (Fsp3) is 0.733. The first-order valence-electron chi connectivity index (χ1n) is 7.45. The molecule has 0 unspecified atom stereocenters. The van der Waals surface area contributed by atoms with Crippen LogP contribution in [0.2, 0.25) is 0 Å². The Morgan fingerprint density at radius 2 is 2.45 bits per heavy atom. The van der Waals surface area contributed by atoms with Gasteiger partial charge < -0.3 is 14.6 Å². The molecular formula is C15H22N4O. The SMILES string of the molecule is Cn1ccnc1[C@@H]1OCC[C@H]1CNCC1(C#N)CCC1. The lowest BCUT2D eigenvalue weighted by molar-refractivity contribution is 0.0798. The van der Waals surface area contributed by atoms with Gasteiger partial charge in [0, 0.05) is 45.1 Å². The van der Waals surface area contributed by atoms with Gasteiger partial charge in [-0.1, -0.05) is 6.42 Å². The minimum absolute atomic E-state index is 0.0851. The summed E-state index contributed by atoms with van der Waals surface area (Å²) >= 11 is 0. The molecule has 1 aliphatic heterocycles. The summed E-state index contributed by atoms with van der Waals surface area (Å²) in [6.45, 7) is 2.52. The Morgan fingerprint density at radius 3 is 3.05 bits per heavy atom. The van der Waals surface area contributed by atoms with Crippen LogP contribution in [-0.2, 0) is 11.8 Å². The van der Waals surface area contributed by atoms with Crippen molar-refractivity contribution in [2.45, 2.75) is 31.8 Å². The highest BCUT2D eigenvalue weighted by Crippen LogP contribution is 2.39. The second kappa shape index (κ2) is 5.55. The van der Waals surface area contributed by atoms with Crippen molar-refractivity contribution in [2.75, 3.05) is 19.7 Å². The monoisotopic (exact) mass is 274 g/mol. The maximum atomic E-state index is 9.24. The number of hydrogen-bond acceptors (Lipinski definition) is 4. The summed E-state index contributed by atoms with van der Waals surface area (Å²) in [6, 6.07) is 2.48. The van der Waals surface area contributed by atoms with Gasteiger partial charge in [0.15, 0.2) is 0 Å². The summed E-state index contributed by atoms with van der Waals surface area (Å²) in [7, 11) is 2.01. The van der Waals surface area contributed by atoms with Crippen molar-refractivity contribution in [3.8, 4) is 6.07 Å². The van der Waals surface area contributed by atoms with Crippen molar-refractivity contribution in [2.24, 2.45) is 18.4 Å². The molecule has 0 aromatic carbocycles. The summed E-state index contributed by atoms with van der Waals surface area (Å²) in [6.07, 6.45) is 8.20. The van der Waals surface area contributed by atoms with E-state index in [1.807, 2.05) is 24.0 Å². The number of ether oxygens (including phenoxy) is 1. The fourth-order valence-corrected chi connectivity index (χ4v) is 3.21. The molecule has 20 heavy (non-hydrogen) atoms. The quantitative estimate of drug-likeness (QED) is 0.889. The van der Waals surface area contributed by atoms with Crippen LogP contribution in [0.1, 0.15) is 37.6 Å². The number of nitriles is 1. The van der Waals surface area contributed by atoms with Gasteiger partial charge in [0.1, 0.15) is 11.9 Å². The Labute approximate surface area is 119 Å². The third-order valence-corrected chi connectivity index (χ3v) is 4.74. The molecule has 2 fully saturated rings. The molecule has 108 valence electrons. The van der Waals surface area contributed by atoms with E-state index < -0.39 is 0 Å². The number of nitrogens with zero attached hydrogens (tertiary/aromatic N) is 3. The van der Waals surface area contributed by atoms with Crippen molar-refractivity contribution in [1.29, 1.82) is 5.26 Å². The lowest BCUT2D eigenvalue weighted by Crippen LogP contribution is -2.40. The molecule has 1 saturated carbocycles. The van der Waals surface area contributed by atoms with Gasteiger partial charge in [-0.05, 0) is 19.3 Å². The van der Waals surface area contributed by atoms with Gasteiger partial charge in [-0.2, -0.15) is 5.26 Å². The van der Waals surface area contributed by atoms with Crippen molar-refractivity contribution >= 4 is 0 Å². The van der Waals surface area contributed by atoms with Crippen LogP contribution in [0.4, 0.5) is 0 Å². The number of aromatic nitrogens is 2. The van der Waals surface area contributed by atoms with Crippen LogP contribution >= 0.6 is 0 Å². The summed E-state index contributed by atoms with van der Waals surface area (Å²) in [4.78, 5) is 4.41. The normalized spacial score (nSPS) is 28.0. The van der Waals surface area contributed by atoms with E-state index in [1.165, 1.54) is 6.42 Å². The molecule has 2 aliphatic rings. The minimum atomic E-state index is -0.0990. The summed E-state index contributed by atoms with van der Waals surface area (Å²) < 4.78 is 7.89. The molecule has 3 rings (SSSR count). The highest BCUT2D eigenvalue weighted by Gasteiger charge is 2.38. The molecule has 5 heteroatoms. The zero-order chi connectivity index (χ0) is 14.0. The predicted molar refractivity (Wildman–Crippen MR) is 74.8 cm³/mol. The zero-order valence-electron chi connectivity index (χ0n) is 12.0. The number of imidazole rings is 1. The largest absolute Gasteiger partial charge is 0.370 e. The number of nitrogens with one attached hydrogen (secondary N) is 1. The number of rotatable bonds is 5. The van der Waals surface area contributed by atoms with Crippen LogP contribution < -0.4 is 5.32 Å². The van der Waals surface area contributed by atoms with E-state index in [0.29, 0.717) is 5.92 Å². The van der Waals surface area contributed by atoms with Crippen LogP contribution in [0.5, 0.6) is 0 Å². The lowest BCUT2D eigenvalue weighted by Gasteiger charge is -2.35. The van der Waals surface area contributed by atoms with Crippen molar-refractivity contribution in [1.82, 2.24) is 14.9 Å². The average Bonchev–Trinajstić information content (AvgIpc) is 3.01. The number of hydrogen-bond donors (Lipinski definition) is 1. The van der Waals surface area contributed by atoms with Gasteiger partial charge in [0.05, 0.1) is 11.5 Å². The van der Waals surface area contributed by atoms with E-state index in [1.54, 1.807) is 0 Å². The summed E-state index contributed by atoms with van der Waals surface area (Å²) in [5.74, 6) is 1.46. The number of aryl methyl sites for hydroxylation is 1. The van der Waals surface area contributed by atoms with Crippen LogP contribution in [0, 0.1) is 22.7 Å². The maximum Gasteiger partial charge on any atom is 0.137 e. The molecule has 2 atom stereocenters. The maximum absolute atomic E-state index is 9.24. The van der Waals surface area contributed by atoms with Crippen LogP contribution in [-0.4, -0.2) is 29.2 Å². The van der Waals surface area contributed by atoms with Crippen molar-refractivity contribution in [3.63, 3.8) is 0 Å². The first kappa shape index (κ1) is 13.6. The molecule has 1 aromatic heterocycles. The Balaban J connectivity index is 1.55. The highest BCUT2D eigenvalue weighted by molar-refractivity contribution is 5.06. The third-order valence-electron chi connectivity index (χ3n) is 4.74. The van der Waals surface area contributed by atoms with E-state index in [9.17, 15) is 5.26 Å². The minimum Gasteiger partial charge on any atom is -0.370 e. The molecule has 1 saturated heterocycles. The fourth-order valence-electron chi connectivity index (χ4n) is 3.21. The average molecular weight is 274 g/mol. The molecule has 1 N–H and O–H groups in total.